The summed E-state index contributed by atoms with van der Waals surface area (Å²) in [6.07, 6.45) is -4.94. The number of alkyl halides is 3. The maximum absolute atomic E-state index is 13.0. The molecule has 0 saturated heterocycles. The summed E-state index contributed by atoms with van der Waals surface area (Å²) in [7, 11) is -0.459. The van der Waals surface area contributed by atoms with Crippen molar-refractivity contribution in [1.29, 1.82) is 0 Å². The monoisotopic (exact) mass is 385 g/mol. The van der Waals surface area contributed by atoms with Gasteiger partial charge in [-0.25, -0.2) is 8.93 Å². The van der Waals surface area contributed by atoms with Crippen molar-refractivity contribution in [2.24, 2.45) is 0 Å². The van der Waals surface area contributed by atoms with Gasteiger partial charge in [-0.05, 0) is 32.4 Å². The second-order valence-corrected chi connectivity index (χ2v) is 8.41. The van der Waals surface area contributed by atoms with E-state index in [0.29, 0.717) is 0 Å². The van der Waals surface area contributed by atoms with Crippen LogP contribution in [-0.2, 0) is 26.7 Å². The van der Waals surface area contributed by atoms with Crippen LogP contribution in [0.2, 0.25) is 5.02 Å². The smallest absolute Gasteiger partial charge is 0.417 e. The number of benzene rings is 1. The van der Waals surface area contributed by atoms with E-state index in [-0.39, 0.29) is 12.0 Å². The molecule has 0 heterocycles. The average molecular weight is 386 g/mol. The number of hydrogen-bond donors (Lipinski definition) is 1. The van der Waals surface area contributed by atoms with E-state index in [0.717, 1.165) is 13.2 Å². The van der Waals surface area contributed by atoms with Crippen molar-refractivity contribution in [1.82, 2.24) is 4.72 Å². The van der Waals surface area contributed by atoms with Crippen molar-refractivity contribution in [3.8, 4) is 0 Å². The molecule has 0 unspecified atom stereocenters. The molecule has 1 N–H and O–H groups in total. The van der Waals surface area contributed by atoms with Crippen molar-refractivity contribution >= 4 is 28.6 Å². The Morgan fingerprint density at radius 2 is 1.92 bits per heavy atom. The summed E-state index contributed by atoms with van der Waals surface area (Å²) < 4.78 is 57.9. The van der Waals surface area contributed by atoms with Crippen molar-refractivity contribution in [3.05, 3.63) is 34.3 Å². The van der Waals surface area contributed by atoms with E-state index in [1.54, 1.807) is 20.8 Å². The Bertz CT molecular complexity index is 629. The SMILES string of the molecule is COC(=O)C[C@H](N[S@](=O)C(C)(C)C)c1cccc(C(F)(F)F)c1Cl. The van der Waals surface area contributed by atoms with Crippen LogP contribution in [0.5, 0.6) is 0 Å². The van der Waals surface area contributed by atoms with E-state index in [2.05, 4.69) is 9.46 Å². The zero-order valence-electron chi connectivity index (χ0n) is 13.7. The standard InChI is InChI=1S/C15H19ClF3NO3S/c1-14(2,3)24(22)20-11(8-12(21)23-4)9-6-5-7-10(13(9)16)15(17,18)19/h5-7,11,20H,8H2,1-4H3/t11-,24+/m0/s1. The lowest BCUT2D eigenvalue weighted by molar-refractivity contribution is -0.141. The number of halogens is 4. The predicted molar refractivity (Wildman–Crippen MR) is 86.9 cm³/mol. The largest absolute Gasteiger partial charge is 0.469 e. The molecule has 0 bridgehead atoms. The van der Waals surface area contributed by atoms with Gasteiger partial charge < -0.3 is 4.74 Å². The Labute approximate surface area is 146 Å². The Kier molecular flexibility index (Phi) is 6.84. The van der Waals surface area contributed by atoms with Crippen LogP contribution >= 0.6 is 11.6 Å². The van der Waals surface area contributed by atoms with Gasteiger partial charge in [0.05, 0.1) is 45.9 Å². The van der Waals surface area contributed by atoms with Gasteiger partial charge in [-0.3, -0.25) is 4.79 Å². The van der Waals surface area contributed by atoms with E-state index in [4.69, 9.17) is 11.6 Å². The number of ether oxygens (including phenoxy) is 1. The maximum Gasteiger partial charge on any atom is 0.417 e. The Hall–Kier alpha value is -1.12. The fourth-order valence-electron chi connectivity index (χ4n) is 1.81. The van der Waals surface area contributed by atoms with Gasteiger partial charge in [-0.2, -0.15) is 13.2 Å². The van der Waals surface area contributed by atoms with Crippen molar-refractivity contribution in [2.75, 3.05) is 7.11 Å². The van der Waals surface area contributed by atoms with Gasteiger partial charge >= 0.3 is 12.1 Å². The molecule has 0 aliphatic rings. The van der Waals surface area contributed by atoms with Gasteiger partial charge in [0, 0.05) is 0 Å². The lowest BCUT2D eigenvalue weighted by Gasteiger charge is -2.25. The van der Waals surface area contributed by atoms with Gasteiger partial charge in [0.2, 0.25) is 0 Å². The molecule has 4 nitrogen and oxygen atoms in total. The van der Waals surface area contributed by atoms with Crippen LogP contribution in [0.4, 0.5) is 13.2 Å². The third kappa shape index (κ3) is 5.46. The highest BCUT2D eigenvalue weighted by Crippen LogP contribution is 2.38. The van der Waals surface area contributed by atoms with E-state index in [1.165, 1.54) is 12.1 Å². The van der Waals surface area contributed by atoms with E-state index >= 15 is 0 Å². The first kappa shape index (κ1) is 20.9. The van der Waals surface area contributed by atoms with Crippen molar-refractivity contribution in [2.45, 2.75) is 44.2 Å². The fourth-order valence-corrected chi connectivity index (χ4v) is 3.00. The number of esters is 1. The first-order chi connectivity index (χ1) is 10.9. The first-order valence-electron chi connectivity index (χ1n) is 6.98. The minimum Gasteiger partial charge on any atom is -0.469 e. The molecule has 0 fully saturated rings. The molecule has 1 aromatic carbocycles. The Balaban J connectivity index is 3.30. The highest BCUT2D eigenvalue weighted by Gasteiger charge is 2.35. The molecule has 9 heteroatoms. The van der Waals surface area contributed by atoms with Crippen LogP contribution in [0.1, 0.15) is 44.4 Å². The summed E-state index contributed by atoms with van der Waals surface area (Å²) in [6, 6.07) is 2.42. The van der Waals surface area contributed by atoms with Crippen LogP contribution in [-0.4, -0.2) is 22.0 Å². The van der Waals surface area contributed by atoms with Crippen LogP contribution in [0.3, 0.4) is 0 Å². The van der Waals surface area contributed by atoms with Crippen molar-refractivity contribution < 1.29 is 26.9 Å². The summed E-state index contributed by atoms with van der Waals surface area (Å²) >= 11 is 5.90. The molecule has 1 rings (SSSR count). The topological polar surface area (TPSA) is 55.4 Å². The number of hydrogen-bond acceptors (Lipinski definition) is 3. The summed E-state index contributed by atoms with van der Waals surface area (Å²) in [5.41, 5.74) is -0.977. The molecule has 0 saturated carbocycles. The van der Waals surface area contributed by atoms with Crippen LogP contribution in [0.25, 0.3) is 0 Å². The molecule has 0 amide bonds. The third-order valence-electron chi connectivity index (χ3n) is 3.11. The van der Waals surface area contributed by atoms with Crippen LogP contribution < -0.4 is 4.72 Å². The molecule has 0 spiro atoms. The summed E-state index contributed by atoms with van der Waals surface area (Å²) in [5.74, 6) is -0.660. The first-order valence-corrected chi connectivity index (χ1v) is 8.51. The molecule has 0 aliphatic heterocycles. The Morgan fingerprint density at radius 3 is 2.38 bits per heavy atom. The molecule has 0 radical (unpaired) electrons. The van der Waals surface area contributed by atoms with Gasteiger partial charge in [0.1, 0.15) is 0 Å². The third-order valence-corrected chi connectivity index (χ3v) is 5.15. The van der Waals surface area contributed by atoms with Gasteiger partial charge in [-0.15, -0.1) is 0 Å². The lowest BCUT2D eigenvalue weighted by atomic mass is 10.0. The summed E-state index contributed by atoms with van der Waals surface area (Å²) in [5, 5.41) is -0.530. The number of methoxy groups -OCH3 is 1. The average Bonchev–Trinajstić information content (AvgIpc) is 2.44. The normalized spacial score (nSPS) is 15.0. The predicted octanol–water partition coefficient (Wildman–Crippen LogP) is 4.01. The number of rotatable bonds is 5. The second kappa shape index (κ2) is 7.84. The minimum atomic E-state index is -4.63. The van der Waals surface area contributed by atoms with E-state index < -0.39 is 44.5 Å². The maximum atomic E-state index is 13.0. The van der Waals surface area contributed by atoms with Crippen LogP contribution in [0.15, 0.2) is 18.2 Å². The van der Waals surface area contributed by atoms with E-state index in [9.17, 15) is 22.2 Å². The van der Waals surface area contributed by atoms with Gasteiger partial charge in [0.25, 0.3) is 0 Å². The molecular weight excluding hydrogens is 367 g/mol. The molecule has 24 heavy (non-hydrogen) atoms. The van der Waals surface area contributed by atoms with Crippen LogP contribution in [0, 0.1) is 0 Å². The molecule has 1 aromatic rings. The highest BCUT2D eigenvalue weighted by molar-refractivity contribution is 7.84. The van der Waals surface area contributed by atoms with Gasteiger partial charge in [-0.1, -0.05) is 23.7 Å². The van der Waals surface area contributed by atoms with Crippen molar-refractivity contribution in [3.63, 3.8) is 0 Å². The molecular formula is C15H19ClF3NO3S. The number of carbonyl (C=O) groups excluding carboxylic acids is 1. The molecule has 0 aromatic heterocycles. The molecule has 0 aliphatic carbocycles. The summed E-state index contributed by atoms with van der Waals surface area (Å²) in [6.45, 7) is 5.08. The van der Waals surface area contributed by atoms with Gasteiger partial charge in [0.15, 0.2) is 0 Å². The molecule has 2 atom stereocenters. The summed E-state index contributed by atoms with van der Waals surface area (Å²) in [4.78, 5) is 11.6. The number of carbonyl (C=O) groups is 1. The highest BCUT2D eigenvalue weighted by atomic mass is 35.5. The fraction of sp³-hybridized carbons (Fsp3) is 0.533. The second-order valence-electron chi connectivity index (χ2n) is 6.04. The van der Waals surface area contributed by atoms with E-state index in [1.807, 2.05) is 0 Å². The zero-order chi connectivity index (χ0) is 18.7. The number of nitrogens with one attached hydrogen (secondary N) is 1. The quantitative estimate of drug-likeness (QED) is 0.779. The zero-order valence-corrected chi connectivity index (χ0v) is 15.2. The Morgan fingerprint density at radius 1 is 1.33 bits per heavy atom. The lowest BCUT2D eigenvalue weighted by Crippen LogP contribution is -2.37. The minimum absolute atomic E-state index is 0.0366. The molecule has 136 valence electrons.